The van der Waals surface area contributed by atoms with E-state index in [0.717, 1.165) is 5.56 Å². The van der Waals surface area contributed by atoms with Crippen molar-refractivity contribution >= 4 is 29.1 Å². The van der Waals surface area contributed by atoms with Gasteiger partial charge in [-0.25, -0.2) is 4.79 Å². The third-order valence-corrected chi connectivity index (χ3v) is 4.04. The number of benzene rings is 2. The van der Waals surface area contributed by atoms with Crippen LogP contribution in [0.1, 0.15) is 26.3 Å². The summed E-state index contributed by atoms with van der Waals surface area (Å²) in [5, 5.41) is 13.4. The molecule has 0 aromatic heterocycles. The summed E-state index contributed by atoms with van der Waals surface area (Å²) in [6, 6.07) is 10.9. The molecule has 1 aliphatic heterocycles. The fourth-order valence-electron chi connectivity index (χ4n) is 2.78. The van der Waals surface area contributed by atoms with Gasteiger partial charge < -0.3 is 14.4 Å². The summed E-state index contributed by atoms with van der Waals surface area (Å²) < 4.78 is 10.7. The van der Waals surface area contributed by atoms with E-state index in [-0.39, 0.29) is 24.7 Å². The van der Waals surface area contributed by atoms with E-state index in [9.17, 15) is 19.7 Å². The third-order valence-electron chi connectivity index (χ3n) is 4.04. The van der Waals surface area contributed by atoms with Crippen LogP contribution in [0.3, 0.4) is 0 Å². The molecular formula is C20H21N3O6. The van der Waals surface area contributed by atoms with Gasteiger partial charge in [-0.05, 0) is 44.5 Å². The Morgan fingerprint density at radius 2 is 1.93 bits per heavy atom. The molecule has 0 spiro atoms. The van der Waals surface area contributed by atoms with Gasteiger partial charge in [-0.2, -0.15) is 0 Å². The number of nitro benzene ring substituents is 1. The molecule has 0 radical (unpaired) electrons. The first-order valence-corrected chi connectivity index (χ1v) is 8.93. The first-order valence-electron chi connectivity index (χ1n) is 8.93. The lowest BCUT2D eigenvalue weighted by Crippen LogP contribution is -2.38. The molecule has 1 heterocycles. The number of hydrogen-bond acceptors (Lipinski definition) is 6. The van der Waals surface area contributed by atoms with Crippen LogP contribution in [0.15, 0.2) is 42.5 Å². The number of carbonyl (C=O) groups is 2. The zero-order valence-corrected chi connectivity index (χ0v) is 16.3. The van der Waals surface area contributed by atoms with Crippen LogP contribution in [0.2, 0.25) is 0 Å². The number of non-ortho nitro benzene ring substituents is 1. The average molecular weight is 399 g/mol. The standard InChI is InChI=1S/C20H21N3O6/c1-20(2,3)29-19(25)21-14-6-9-17-16(10-14)22(18(24)12-28-17)11-13-4-7-15(8-5-13)23(26)27/h4-10H,11-12H2,1-3H3,(H,21,25). The topological polar surface area (TPSA) is 111 Å². The Kier molecular flexibility index (Phi) is 5.40. The molecule has 0 fully saturated rings. The van der Waals surface area contributed by atoms with Crippen molar-refractivity contribution in [3.05, 3.63) is 58.1 Å². The molecule has 1 N–H and O–H groups in total. The van der Waals surface area contributed by atoms with Crippen molar-refractivity contribution in [3.63, 3.8) is 0 Å². The van der Waals surface area contributed by atoms with Crippen LogP contribution >= 0.6 is 0 Å². The van der Waals surface area contributed by atoms with E-state index in [1.54, 1.807) is 51.1 Å². The summed E-state index contributed by atoms with van der Waals surface area (Å²) >= 11 is 0. The van der Waals surface area contributed by atoms with Gasteiger partial charge in [0.05, 0.1) is 17.2 Å². The van der Waals surface area contributed by atoms with Crippen LogP contribution in [0.25, 0.3) is 0 Å². The highest BCUT2D eigenvalue weighted by Crippen LogP contribution is 2.35. The Bertz CT molecular complexity index is 950. The molecule has 0 unspecified atom stereocenters. The first-order chi connectivity index (χ1) is 13.6. The maximum Gasteiger partial charge on any atom is 0.412 e. The summed E-state index contributed by atoms with van der Waals surface area (Å²) in [6.45, 7) is 5.38. The summed E-state index contributed by atoms with van der Waals surface area (Å²) in [5.41, 5.74) is 1.01. The maximum absolute atomic E-state index is 12.4. The maximum atomic E-state index is 12.4. The Morgan fingerprint density at radius 1 is 1.24 bits per heavy atom. The predicted octanol–water partition coefficient (Wildman–Crippen LogP) is 3.87. The number of amides is 2. The van der Waals surface area contributed by atoms with Gasteiger partial charge >= 0.3 is 6.09 Å². The number of nitrogens with one attached hydrogen (secondary N) is 1. The third kappa shape index (κ3) is 5.01. The van der Waals surface area contributed by atoms with Gasteiger partial charge in [0.1, 0.15) is 11.4 Å². The van der Waals surface area contributed by atoms with E-state index in [0.29, 0.717) is 17.1 Å². The number of carbonyl (C=O) groups excluding carboxylic acids is 2. The second-order valence-corrected chi connectivity index (χ2v) is 7.50. The molecule has 2 aromatic carbocycles. The van der Waals surface area contributed by atoms with Crippen LogP contribution in [-0.2, 0) is 16.1 Å². The number of fused-ring (bicyclic) bond motifs is 1. The number of rotatable bonds is 4. The van der Waals surface area contributed by atoms with Crippen molar-refractivity contribution in [2.45, 2.75) is 32.9 Å². The monoisotopic (exact) mass is 399 g/mol. The van der Waals surface area contributed by atoms with Crippen molar-refractivity contribution in [2.24, 2.45) is 0 Å². The highest BCUT2D eigenvalue weighted by molar-refractivity contribution is 5.99. The fraction of sp³-hybridized carbons (Fsp3) is 0.300. The van der Waals surface area contributed by atoms with Gasteiger partial charge in [-0.15, -0.1) is 0 Å². The van der Waals surface area contributed by atoms with Crippen molar-refractivity contribution < 1.29 is 24.0 Å². The van der Waals surface area contributed by atoms with Gasteiger partial charge in [0.25, 0.3) is 11.6 Å². The molecular weight excluding hydrogens is 378 g/mol. The average Bonchev–Trinajstić information content (AvgIpc) is 2.63. The molecule has 9 nitrogen and oxygen atoms in total. The minimum absolute atomic E-state index is 0.0219. The number of nitrogens with zero attached hydrogens (tertiary/aromatic N) is 2. The quantitative estimate of drug-likeness (QED) is 0.617. The Hall–Kier alpha value is -3.62. The van der Waals surface area contributed by atoms with Crippen molar-refractivity contribution in [1.82, 2.24) is 0 Å². The molecule has 2 aromatic rings. The largest absolute Gasteiger partial charge is 0.482 e. The first kappa shape index (κ1) is 20.1. The summed E-state index contributed by atoms with van der Waals surface area (Å²) in [6.07, 6.45) is -0.609. The SMILES string of the molecule is CC(C)(C)OC(=O)Nc1ccc2c(c1)N(Cc1ccc([N+](=O)[O-])cc1)C(=O)CO2. The number of nitro groups is 1. The Balaban J connectivity index is 1.82. The summed E-state index contributed by atoms with van der Waals surface area (Å²) in [5.74, 6) is 0.242. The molecule has 3 rings (SSSR count). The summed E-state index contributed by atoms with van der Waals surface area (Å²) in [7, 11) is 0. The van der Waals surface area contributed by atoms with Crippen LogP contribution < -0.4 is 15.0 Å². The summed E-state index contributed by atoms with van der Waals surface area (Å²) in [4.78, 5) is 36.3. The van der Waals surface area contributed by atoms with Gasteiger partial charge in [-0.3, -0.25) is 20.2 Å². The van der Waals surface area contributed by atoms with E-state index in [2.05, 4.69) is 5.32 Å². The van der Waals surface area contributed by atoms with Gasteiger partial charge in [0, 0.05) is 17.8 Å². The highest BCUT2D eigenvalue weighted by atomic mass is 16.6. The van der Waals surface area contributed by atoms with Crippen molar-refractivity contribution in [2.75, 3.05) is 16.8 Å². The zero-order chi connectivity index (χ0) is 21.2. The highest BCUT2D eigenvalue weighted by Gasteiger charge is 2.26. The smallest absolute Gasteiger partial charge is 0.412 e. The molecule has 1 aliphatic rings. The zero-order valence-electron chi connectivity index (χ0n) is 16.3. The van der Waals surface area contributed by atoms with Crippen molar-refractivity contribution in [3.8, 4) is 5.75 Å². The van der Waals surface area contributed by atoms with E-state index >= 15 is 0 Å². The van der Waals surface area contributed by atoms with E-state index in [4.69, 9.17) is 9.47 Å². The number of hydrogen-bond donors (Lipinski definition) is 1. The second-order valence-electron chi connectivity index (χ2n) is 7.50. The lowest BCUT2D eigenvalue weighted by atomic mass is 10.1. The normalized spacial score (nSPS) is 13.3. The molecule has 0 saturated carbocycles. The van der Waals surface area contributed by atoms with Gasteiger partial charge in [-0.1, -0.05) is 12.1 Å². The Morgan fingerprint density at radius 3 is 2.55 bits per heavy atom. The van der Waals surface area contributed by atoms with E-state index in [1.165, 1.54) is 17.0 Å². The molecule has 29 heavy (non-hydrogen) atoms. The fourth-order valence-corrected chi connectivity index (χ4v) is 2.78. The molecule has 0 saturated heterocycles. The lowest BCUT2D eigenvalue weighted by molar-refractivity contribution is -0.384. The van der Waals surface area contributed by atoms with Crippen LogP contribution in [0.4, 0.5) is 21.9 Å². The van der Waals surface area contributed by atoms with Crippen LogP contribution in [0, 0.1) is 10.1 Å². The minimum Gasteiger partial charge on any atom is -0.482 e. The van der Waals surface area contributed by atoms with Gasteiger partial charge in [0.2, 0.25) is 0 Å². The van der Waals surface area contributed by atoms with E-state index in [1.807, 2.05) is 0 Å². The van der Waals surface area contributed by atoms with Gasteiger partial charge in [0.15, 0.2) is 6.61 Å². The van der Waals surface area contributed by atoms with Crippen molar-refractivity contribution in [1.29, 1.82) is 0 Å². The van der Waals surface area contributed by atoms with E-state index < -0.39 is 16.6 Å². The van der Waals surface area contributed by atoms with Crippen LogP contribution in [-0.4, -0.2) is 29.1 Å². The molecule has 152 valence electrons. The van der Waals surface area contributed by atoms with Crippen LogP contribution in [0.5, 0.6) is 5.75 Å². The number of anilines is 2. The molecule has 2 amide bonds. The molecule has 0 aliphatic carbocycles. The lowest BCUT2D eigenvalue weighted by Gasteiger charge is -2.30. The second kappa shape index (κ2) is 7.78. The number of ether oxygens (including phenoxy) is 2. The molecule has 0 atom stereocenters. The minimum atomic E-state index is -0.640. The predicted molar refractivity (Wildman–Crippen MR) is 106 cm³/mol. The Labute approximate surface area is 167 Å². The molecule has 9 heteroatoms. The molecule has 0 bridgehead atoms.